The highest BCUT2D eigenvalue weighted by atomic mass is 16.2. The number of fused-ring (bicyclic) bond motifs is 1. The van der Waals surface area contributed by atoms with Crippen molar-refractivity contribution < 1.29 is 9.59 Å². The van der Waals surface area contributed by atoms with Gasteiger partial charge in [0.2, 0.25) is 11.9 Å². The van der Waals surface area contributed by atoms with E-state index in [9.17, 15) is 14.4 Å². The van der Waals surface area contributed by atoms with Gasteiger partial charge in [-0.2, -0.15) is 0 Å². The van der Waals surface area contributed by atoms with Crippen LogP contribution in [0.3, 0.4) is 0 Å². The first-order valence-electron chi connectivity index (χ1n) is 12.1. The Balaban J connectivity index is 1.42. The van der Waals surface area contributed by atoms with E-state index in [2.05, 4.69) is 9.97 Å². The number of carbonyl (C=O) groups excluding carboxylic acids is 2. The molecule has 1 unspecified atom stereocenters. The summed E-state index contributed by atoms with van der Waals surface area (Å²) >= 11 is 0. The van der Waals surface area contributed by atoms with Crippen molar-refractivity contribution in [2.75, 3.05) is 24.5 Å². The molecule has 2 fully saturated rings. The number of likely N-dealkylation sites (tertiary alicyclic amines) is 1. The van der Waals surface area contributed by atoms with Gasteiger partial charge in [0.25, 0.3) is 5.56 Å². The van der Waals surface area contributed by atoms with Crippen LogP contribution < -0.4 is 10.5 Å². The number of hydrogen-bond acceptors (Lipinski definition) is 7. The SMILES string of the molecule is O=C(CN1c2nc(-c3ccncn3)cc(=O)n2CCC12CCN(C(=O)C1CC1)C2)c1ccccc1. The molecule has 178 valence electrons. The molecule has 6 rings (SSSR count). The maximum Gasteiger partial charge on any atom is 0.255 e. The number of benzene rings is 1. The van der Waals surface area contributed by atoms with Gasteiger partial charge in [-0.1, -0.05) is 30.3 Å². The van der Waals surface area contributed by atoms with E-state index in [0.717, 1.165) is 19.3 Å². The highest BCUT2D eigenvalue weighted by molar-refractivity contribution is 5.99. The predicted molar refractivity (Wildman–Crippen MR) is 129 cm³/mol. The molecule has 0 N–H and O–H groups in total. The Morgan fingerprint density at radius 3 is 2.57 bits per heavy atom. The van der Waals surface area contributed by atoms with Crippen LogP contribution in [0.25, 0.3) is 11.4 Å². The van der Waals surface area contributed by atoms with Crippen molar-refractivity contribution in [2.45, 2.75) is 37.8 Å². The highest BCUT2D eigenvalue weighted by Gasteiger charge is 2.50. The fourth-order valence-corrected chi connectivity index (χ4v) is 5.31. The van der Waals surface area contributed by atoms with Gasteiger partial charge in [-0.05, 0) is 31.7 Å². The average Bonchev–Trinajstić information content (AvgIpc) is 3.66. The molecule has 0 bridgehead atoms. The summed E-state index contributed by atoms with van der Waals surface area (Å²) in [5.41, 5.74) is 0.976. The van der Waals surface area contributed by atoms with Crippen LogP contribution in [0.4, 0.5) is 5.95 Å². The molecule has 3 aromatic rings. The Hall–Kier alpha value is -3.88. The van der Waals surface area contributed by atoms with Crippen LogP contribution in [-0.4, -0.2) is 61.3 Å². The minimum absolute atomic E-state index is 0.0490. The molecule has 3 aliphatic rings. The molecule has 1 atom stereocenters. The number of anilines is 1. The minimum atomic E-state index is -0.446. The fourth-order valence-electron chi connectivity index (χ4n) is 5.31. The van der Waals surface area contributed by atoms with Crippen LogP contribution in [0, 0.1) is 5.92 Å². The van der Waals surface area contributed by atoms with Crippen molar-refractivity contribution in [2.24, 2.45) is 5.92 Å². The van der Waals surface area contributed by atoms with Gasteiger partial charge in [0.1, 0.15) is 6.33 Å². The van der Waals surface area contributed by atoms with Crippen LogP contribution in [0.5, 0.6) is 0 Å². The van der Waals surface area contributed by atoms with E-state index in [1.807, 2.05) is 28.0 Å². The number of Topliss-reactive ketones (excluding diaryl/α,β-unsaturated/α-hetero) is 1. The molecule has 9 heteroatoms. The number of rotatable bonds is 5. The molecule has 1 saturated heterocycles. The number of aromatic nitrogens is 4. The second-order valence-electron chi connectivity index (χ2n) is 9.66. The largest absolute Gasteiger partial charge is 0.340 e. The van der Waals surface area contributed by atoms with E-state index in [-0.39, 0.29) is 29.7 Å². The normalized spacial score (nSPS) is 21.3. The lowest BCUT2D eigenvalue weighted by atomic mass is 9.89. The Bertz CT molecular complexity index is 1340. The fraction of sp³-hybridized carbons (Fsp3) is 0.385. The smallest absolute Gasteiger partial charge is 0.255 e. The van der Waals surface area contributed by atoms with Crippen LogP contribution >= 0.6 is 0 Å². The molecule has 0 radical (unpaired) electrons. The molecule has 1 spiro atoms. The molecule has 2 aliphatic heterocycles. The zero-order valence-corrected chi connectivity index (χ0v) is 19.3. The average molecular weight is 471 g/mol. The summed E-state index contributed by atoms with van der Waals surface area (Å²) in [6.45, 7) is 1.76. The molecule has 1 saturated carbocycles. The molecule has 2 aromatic heterocycles. The number of nitrogens with zero attached hydrogens (tertiary/aromatic N) is 6. The summed E-state index contributed by atoms with van der Waals surface area (Å²) in [6, 6.07) is 12.4. The molecule has 9 nitrogen and oxygen atoms in total. The minimum Gasteiger partial charge on any atom is -0.340 e. The van der Waals surface area contributed by atoms with Crippen LogP contribution in [0.1, 0.15) is 36.0 Å². The van der Waals surface area contributed by atoms with Gasteiger partial charge in [-0.3, -0.25) is 19.0 Å². The molecular formula is C26H26N6O3. The van der Waals surface area contributed by atoms with E-state index in [1.165, 1.54) is 12.4 Å². The highest BCUT2D eigenvalue weighted by Crippen LogP contribution is 2.41. The third-order valence-corrected chi connectivity index (χ3v) is 7.42. The lowest BCUT2D eigenvalue weighted by molar-refractivity contribution is -0.131. The van der Waals surface area contributed by atoms with Crippen LogP contribution in [-0.2, 0) is 11.3 Å². The van der Waals surface area contributed by atoms with E-state index >= 15 is 0 Å². The first-order chi connectivity index (χ1) is 17.0. The first-order valence-corrected chi connectivity index (χ1v) is 12.1. The molecule has 1 amide bonds. The Morgan fingerprint density at radius 2 is 1.83 bits per heavy atom. The van der Waals surface area contributed by atoms with Gasteiger partial charge in [0, 0.05) is 43.4 Å². The lowest BCUT2D eigenvalue weighted by Crippen LogP contribution is -2.58. The van der Waals surface area contributed by atoms with E-state index in [0.29, 0.717) is 49.0 Å². The second-order valence-corrected chi connectivity index (χ2v) is 9.66. The van der Waals surface area contributed by atoms with Crippen LogP contribution in [0.2, 0.25) is 0 Å². The molecular weight excluding hydrogens is 444 g/mol. The number of amides is 1. The summed E-state index contributed by atoms with van der Waals surface area (Å²) in [5, 5.41) is 0. The van der Waals surface area contributed by atoms with Gasteiger partial charge in [-0.15, -0.1) is 0 Å². The summed E-state index contributed by atoms with van der Waals surface area (Å²) in [6.07, 6.45) is 6.36. The molecule has 1 aromatic carbocycles. The monoisotopic (exact) mass is 470 g/mol. The second kappa shape index (κ2) is 8.41. The zero-order chi connectivity index (χ0) is 24.0. The summed E-state index contributed by atoms with van der Waals surface area (Å²) in [7, 11) is 0. The van der Waals surface area contributed by atoms with Gasteiger partial charge in [0.15, 0.2) is 5.78 Å². The number of ketones is 1. The van der Waals surface area contributed by atoms with Crippen molar-refractivity contribution in [3.8, 4) is 11.4 Å². The quantitative estimate of drug-likeness (QED) is 0.527. The van der Waals surface area contributed by atoms with Gasteiger partial charge in [-0.25, -0.2) is 15.0 Å². The molecule has 1 aliphatic carbocycles. The van der Waals surface area contributed by atoms with Crippen molar-refractivity contribution in [1.82, 2.24) is 24.4 Å². The summed E-state index contributed by atoms with van der Waals surface area (Å²) in [5.74, 6) is 0.766. The van der Waals surface area contributed by atoms with E-state index in [1.54, 1.807) is 29.0 Å². The first kappa shape index (κ1) is 21.6. The number of carbonyl (C=O) groups is 2. The van der Waals surface area contributed by atoms with Crippen molar-refractivity contribution in [3.05, 3.63) is 70.9 Å². The van der Waals surface area contributed by atoms with Gasteiger partial charge < -0.3 is 9.80 Å². The Labute approximate surface area is 202 Å². The third kappa shape index (κ3) is 3.90. The third-order valence-electron chi connectivity index (χ3n) is 7.42. The lowest BCUT2D eigenvalue weighted by Gasteiger charge is -2.46. The topological polar surface area (TPSA) is 101 Å². The van der Waals surface area contributed by atoms with E-state index in [4.69, 9.17) is 4.98 Å². The zero-order valence-electron chi connectivity index (χ0n) is 19.3. The van der Waals surface area contributed by atoms with Crippen molar-refractivity contribution in [1.29, 1.82) is 0 Å². The van der Waals surface area contributed by atoms with Gasteiger partial charge >= 0.3 is 0 Å². The predicted octanol–water partition coefficient (Wildman–Crippen LogP) is 2.17. The Morgan fingerprint density at radius 1 is 1.03 bits per heavy atom. The molecule has 4 heterocycles. The molecule has 35 heavy (non-hydrogen) atoms. The maximum atomic E-state index is 13.4. The van der Waals surface area contributed by atoms with Crippen molar-refractivity contribution >= 4 is 17.6 Å². The van der Waals surface area contributed by atoms with Crippen LogP contribution in [0.15, 0.2) is 59.8 Å². The standard InChI is InChI=1S/C26H26N6O3/c33-22(18-4-2-1-3-5-18)15-32-25-29-21(20-8-11-27-17-28-20)14-23(34)31(25)13-10-26(32)9-12-30(16-26)24(35)19-6-7-19/h1-5,8,11,14,17,19H,6-7,9-10,12-13,15-16H2. The number of hydrogen-bond donors (Lipinski definition) is 0. The summed E-state index contributed by atoms with van der Waals surface area (Å²) < 4.78 is 1.64. The summed E-state index contributed by atoms with van der Waals surface area (Å²) in [4.78, 5) is 56.4. The maximum absolute atomic E-state index is 13.4. The van der Waals surface area contributed by atoms with Crippen molar-refractivity contribution in [3.63, 3.8) is 0 Å². The van der Waals surface area contributed by atoms with Gasteiger partial charge in [0.05, 0.1) is 23.5 Å². The van der Waals surface area contributed by atoms with E-state index < -0.39 is 5.54 Å². The Kier molecular flexibility index (Phi) is 5.20.